The zero-order valence-electron chi connectivity index (χ0n) is 16.0. The van der Waals surface area contributed by atoms with E-state index in [-0.39, 0.29) is 0 Å². The molecule has 0 bridgehead atoms. The minimum Gasteiger partial charge on any atom is -0.388 e. The van der Waals surface area contributed by atoms with E-state index in [2.05, 4.69) is 71.9 Å². The van der Waals surface area contributed by atoms with Gasteiger partial charge in [-0.1, -0.05) is 35.5 Å². The van der Waals surface area contributed by atoms with Gasteiger partial charge in [-0.25, -0.2) is 4.68 Å². The Bertz CT molecular complexity index is 1090. The van der Waals surface area contributed by atoms with Crippen molar-refractivity contribution in [2.24, 2.45) is 0 Å². The second-order valence-corrected chi connectivity index (χ2v) is 7.02. The molecular formula is C23H24N4. The first kappa shape index (κ1) is 17.3. The highest BCUT2D eigenvalue weighted by Crippen LogP contribution is 2.23. The number of benzene rings is 3. The number of nitrogens with one attached hydrogen (secondary N) is 1. The molecule has 0 amide bonds. The molecule has 0 aliphatic rings. The van der Waals surface area contributed by atoms with Crippen molar-refractivity contribution in [1.82, 2.24) is 15.0 Å². The van der Waals surface area contributed by atoms with Crippen LogP contribution in [0, 0.1) is 13.8 Å². The number of para-hydroxylation sites is 1. The number of hydrogen-bond donors (Lipinski definition) is 1. The molecule has 0 radical (unpaired) electrons. The van der Waals surface area contributed by atoms with Gasteiger partial charge in [0.1, 0.15) is 5.52 Å². The van der Waals surface area contributed by atoms with Crippen LogP contribution in [-0.4, -0.2) is 22.0 Å². The van der Waals surface area contributed by atoms with Gasteiger partial charge in [0.25, 0.3) is 0 Å². The van der Waals surface area contributed by atoms with Crippen molar-refractivity contribution < 1.29 is 0 Å². The number of anilines is 1. The van der Waals surface area contributed by atoms with E-state index in [1.165, 1.54) is 27.9 Å². The molecular weight excluding hydrogens is 332 g/mol. The predicted octanol–water partition coefficient (Wildman–Crippen LogP) is 4.86. The lowest BCUT2D eigenvalue weighted by Crippen LogP contribution is -2.02. The third-order valence-electron chi connectivity index (χ3n) is 5.06. The maximum atomic E-state index is 4.36. The van der Waals surface area contributed by atoms with Crippen molar-refractivity contribution in [3.05, 3.63) is 82.9 Å². The topological polar surface area (TPSA) is 42.7 Å². The lowest BCUT2D eigenvalue weighted by molar-refractivity contribution is 0.819. The summed E-state index contributed by atoms with van der Waals surface area (Å²) in [6.07, 6.45) is 1.99. The Balaban J connectivity index is 1.66. The van der Waals surface area contributed by atoms with E-state index in [0.717, 1.165) is 29.6 Å². The zero-order valence-corrected chi connectivity index (χ0v) is 16.0. The molecule has 1 N–H and O–H groups in total. The Morgan fingerprint density at radius 1 is 0.926 bits per heavy atom. The Labute approximate surface area is 159 Å². The summed E-state index contributed by atoms with van der Waals surface area (Å²) in [7, 11) is 1.98. The number of rotatable bonds is 5. The molecule has 27 heavy (non-hydrogen) atoms. The SMILES string of the molecule is CNc1cccc(C)c1CCc1cc(C)cc(-n2nnc3ccccc32)c1. The van der Waals surface area contributed by atoms with E-state index in [0.29, 0.717) is 0 Å². The molecule has 3 aromatic carbocycles. The van der Waals surface area contributed by atoms with Gasteiger partial charge in [0.2, 0.25) is 0 Å². The first-order valence-electron chi connectivity index (χ1n) is 9.33. The molecule has 1 heterocycles. The summed E-state index contributed by atoms with van der Waals surface area (Å²) in [5.74, 6) is 0. The summed E-state index contributed by atoms with van der Waals surface area (Å²) in [4.78, 5) is 0. The van der Waals surface area contributed by atoms with Crippen LogP contribution >= 0.6 is 0 Å². The van der Waals surface area contributed by atoms with Crippen molar-refractivity contribution in [3.8, 4) is 5.69 Å². The standard InChI is InChI=1S/C23H24N4/c1-16-13-18(11-12-20-17(2)7-6-9-21(20)24-3)15-19(14-16)27-23-10-5-4-8-22(23)25-26-27/h4-10,13-15,24H,11-12H2,1-3H3. The van der Waals surface area contributed by atoms with Crippen molar-refractivity contribution in [1.29, 1.82) is 0 Å². The highest BCUT2D eigenvalue weighted by molar-refractivity contribution is 5.76. The predicted molar refractivity (Wildman–Crippen MR) is 112 cm³/mol. The molecule has 0 atom stereocenters. The number of aromatic nitrogens is 3. The van der Waals surface area contributed by atoms with E-state index in [1.807, 2.05) is 29.9 Å². The minimum absolute atomic E-state index is 0.916. The maximum Gasteiger partial charge on any atom is 0.113 e. The second-order valence-electron chi connectivity index (χ2n) is 7.02. The third kappa shape index (κ3) is 3.43. The molecule has 0 spiro atoms. The van der Waals surface area contributed by atoms with E-state index >= 15 is 0 Å². The van der Waals surface area contributed by atoms with Crippen LogP contribution in [0.5, 0.6) is 0 Å². The van der Waals surface area contributed by atoms with Gasteiger partial charge in [0.15, 0.2) is 0 Å². The molecule has 136 valence electrons. The zero-order chi connectivity index (χ0) is 18.8. The van der Waals surface area contributed by atoms with Gasteiger partial charge in [0.05, 0.1) is 11.2 Å². The average molecular weight is 356 g/mol. The molecule has 0 unspecified atom stereocenters. The Kier molecular flexibility index (Phi) is 4.63. The van der Waals surface area contributed by atoms with E-state index in [4.69, 9.17) is 0 Å². The maximum absolute atomic E-state index is 4.36. The quantitative estimate of drug-likeness (QED) is 0.555. The van der Waals surface area contributed by atoms with Crippen molar-refractivity contribution in [3.63, 3.8) is 0 Å². The van der Waals surface area contributed by atoms with E-state index in [9.17, 15) is 0 Å². The van der Waals surface area contributed by atoms with Gasteiger partial charge in [-0.3, -0.25) is 0 Å². The molecule has 4 heteroatoms. The van der Waals surface area contributed by atoms with Gasteiger partial charge >= 0.3 is 0 Å². The molecule has 4 rings (SSSR count). The van der Waals surface area contributed by atoms with Crippen LogP contribution in [0.25, 0.3) is 16.7 Å². The summed E-state index contributed by atoms with van der Waals surface area (Å²) in [5.41, 5.74) is 9.49. The largest absolute Gasteiger partial charge is 0.388 e. The van der Waals surface area contributed by atoms with Crippen molar-refractivity contribution in [2.75, 3.05) is 12.4 Å². The highest BCUT2D eigenvalue weighted by atomic mass is 15.4. The summed E-state index contributed by atoms with van der Waals surface area (Å²) in [6, 6.07) is 21.1. The van der Waals surface area contributed by atoms with Crippen molar-refractivity contribution in [2.45, 2.75) is 26.7 Å². The van der Waals surface area contributed by atoms with Gasteiger partial charge in [-0.2, -0.15) is 0 Å². The fourth-order valence-corrected chi connectivity index (χ4v) is 3.70. The van der Waals surface area contributed by atoms with Gasteiger partial charge < -0.3 is 5.32 Å². The Hall–Kier alpha value is -3.14. The van der Waals surface area contributed by atoms with E-state index in [1.54, 1.807) is 0 Å². The minimum atomic E-state index is 0.916. The molecule has 0 saturated carbocycles. The number of aryl methyl sites for hydroxylation is 3. The molecule has 1 aromatic heterocycles. The molecule has 0 aliphatic carbocycles. The van der Waals surface area contributed by atoms with E-state index < -0.39 is 0 Å². The number of nitrogens with zero attached hydrogens (tertiary/aromatic N) is 3. The number of hydrogen-bond acceptors (Lipinski definition) is 3. The Morgan fingerprint density at radius 2 is 1.78 bits per heavy atom. The normalized spacial score (nSPS) is 11.1. The first-order valence-corrected chi connectivity index (χ1v) is 9.33. The average Bonchev–Trinajstić information content (AvgIpc) is 3.10. The molecule has 0 aliphatic heterocycles. The Morgan fingerprint density at radius 3 is 2.63 bits per heavy atom. The van der Waals surface area contributed by atoms with Crippen LogP contribution in [0.2, 0.25) is 0 Å². The lowest BCUT2D eigenvalue weighted by Gasteiger charge is -2.13. The second kappa shape index (κ2) is 7.23. The number of fused-ring (bicyclic) bond motifs is 1. The van der Waals surface area contributed by atoms with Crippen LogP contribution in [-0.2, 0) is 12.8 Å². The monoisotopic (exact) mass is 356 g/mol. The van der Waals surface area contributed by atoms with Gasteiger partial charge in [0, 0.05) is 12.7 Å². The molecule has 4 aromatic rings. The lowest BCUT2D eigenvalue weighted by atomic mass is 9.97. The van der Waals surface area contributed by atoms with Gasteiger partial charge in [-0.15, -0.1) is 5.10 Å². The van der Waals surface area contributed by atoms with Crippen LogP contribution in [0.4, 0.5) is 5.69 Å². The van der Waals surface area contributed by atoms with Crippen LogP contribution in [0.3, 0.4) is 0 Å². The fourth-order valence-electron chi connectivity index (χ4n) is 3.70. The highest BCUT2D eigenvalue weighted by Gasteiger charge is 2.09. The van der Waals surface area contributed by atoms with Crippen LogP contribution < -0.4 is 5.32 Å². The van der Waals surface area contributed by atoms with Crippen molar-refractivity contribution >= 4 is 16.7 Å². The first-order chi connectivity index (χ1) is 13.2. The molecule has 0 saturated heterocycles. The summed E-state index contributed by atoms with van der Waals surface area (Å²) < 4.78 is 1.93. The smallest absolute Gasteiger partial charge is 0.113 e. The third-order valence-corrected chi connectivity index (χ3v) is 5.06. The van der Waals surface area contributed by atoms with Crippen LogP contribution in [0.1, 0.15) is 22.3 Å². The summed E-state index contributed by atoms with van der Waals surface area (Å²) in [5, 5.41) is 12.0. The summed E-state index contributed by atoms with van der Waals surface area (Å²) >= 11 is 0. The van der Waals surface area contributed by atoms with Gasteiger partial charge in [-0.05, 0) is 79.3 Å². The summed E-state index contributed by atoms with van der Waals surface area (Å²) in [6.45, 7) is 4.32. The van der Waals surface area contributed by atoms with Crippen LogP contribution in [0.15, 0.2) is 60.7 Å². The molecule has 0 fully saturated rings. The fraction of sp³-hybridized carbons (Fsp3) is 0.217. The molecule has 4 nitrogen and oxygen atoms in total.